The lowest BCUT2D eigenvalue weighted by Gasteiger charge is -2.15. The van der Waals surface area contributed by atoms with Gasteiger partial charge in [-0.2, -0.15) is 0 Å². The molecule has 4 heteroatoms. The van der Waals surface area contributed by atoms with E-state index in [4.69, 9.17) is 10.8 Å². The van der Waals surface area contributed by atoms with Gasteiger partial charge in [0.2, 0.25) is 0 Å². The number of aliphatic hydroxyl groups excluding tert-OH is 2. The molecule has 0 aliphatic heterocycles. The van der Waals surface area contributed by atoms with E-state index in [0.717, 1.165) is 0 Å². The predicted molar refractivity (Wildman–Crippen MR) is 44.3 cm³/mol. The van der Waals surface area contributed by atoms with E-state index in [1.165, 1.54) is 0 Å². The Hall–Kier alpha value is -0.970. The first-order chi connectivity index (χ1) is 5.75. The molecule has 4 N–H and O–H groups in total. The molecule has 0 saturated carbocycles. The maximum Gasteiger partial charge on any atom is 0.0964 e. The van der Waals surface area contributed by atoms with E-state index in [1.54, 1.807) is 24.5 Å². The zero-order valence-corrected chi connectivity index (χ0v) is 6.59. The van der Waals surface area contributed by atoms with Crippen LogP contribution in [-0.4, -0.2) is 27.8 Å². The molecule has 0 bridgehead atoms. The molecule has 1 aromatic rings. The van der Waals surface area contributed by atoms with Crippen LogP contribution in [0, 0.1) is 0 Å². The highest BCUT2D eigenvalue weighted by Crippen LogP contribution is 2.13. The minimum Gasteiger partial charge on any atom is -0.395 e. The molecular weight excluding hydrogens is 156 g/mol. The summed E-state index contributed by atoms with van der Waals surface area (Å²) in [4.78, 5) is 3.80. The highest BCUT2D eigenvalue weighted by Gasteiger charge is 2.14. The summed E-state index contributed by atoms with van der Waals surface area (Å²) in [6.07, 6.45) is 2.32. The average molecular weight is 168 g/mol. The van der Waals surface area contributed by atoms with E-state index in [2.05, 4.69) is 4.98 Å². The first-order valence-electron chi connectivity index (χ1n) is 3.70. The van der Waals surface area contributed by atoms with Crippen LogP contribution in [0.3, 0.4) is 0 Å². The zero-order valence-electron chi connectivity index (χ0n) is 6.59. The van der Waals surface area contributed by atoms with Crippen molar-refractivity contribution in [2.45, 2.75) is 12.1 Å². The van der Waals surface area contributed by atoms with E-state index in [9.17, 15) is 5.11 Å². The second-order valence-corrected chi connectivity index (χ2v) is 2.57. The van der Waals surface area contributed by atoms with Crippen LogP contribution >= 0.6 is 0 Å². The van der Waals surface area contributed by atoms with Gasteiger partial charge in [0.25, 0.3) is 0 Å². The van der Waals surface area contributed by atoms with Gasteiger partial charge < -0.3 is 15.9 Å². The second-order valence-electron chi connectivity index (χ2n) is 2.57. The quantitative estimate of drug-likeness (QED) is 0.565. The molecule has 66 valence electrons. The van der Waals surface area contributed by atoms with Gasteiger partial charge in [-0.1, -0.05) is 0 Å². The van der Waals surface area contributed by atoms with Crippen LogP contribution < -0.4 is 5.73 Å². The van der Waals surface area contributed by atoms with Gasteiger partial charge in [-0.25, -0.2) is 0 Å². The van der Waals surface area contributed by atoms with Crippen molar-refractivity contribution in [2.24, 2.45) is 5.73 Å². The number of nitrogens with two attached hydrogens (primary N) is 1. The number of hydrogen-bond donors (Lipinski definition) is 3. The summed E-state index contributed by atoms with van der Waals surface area (Å²) in [5.41, 5.74) is 6.10. The lowest BCUT2D eigenvalue weighted by Crippen LogP contribution is -2.31. The minimum atomic E-state index is -0.821. The summed E-state index contributed by atoms with van der Waals surface area (Å²) in [6, 6.07) is 2.70. The van der Waals surface area contributed by atoms with Crippen LogP contribution in [0.1, 0.15) is 11.7 Å². The number of hydrogen-bond acceptors (Lipinski definition) is 4. The number of rotatable bonds is 3. The highest BCUT2D eigenvalue weighted by molar-refractivity contribution is 5.14. The van der Waals surface area contributed by atoms with Gasteiger partial charge in [0.15, 0.2) is 0 Å². The summed E-state index contributed by atoms with van der Waals surface area (Å²) in [7, 11) is 0. The van der Waals surface area contributed by atoms with Crippen LogP contribution in [0.25, 0.3) is 0 Å². The third-order valence-electron chi connectivity index (χ3n) is 1.66. The normalized spacial score (nSPS) is 15.6. The molecule has 0 aliphatic carbocycles. The second kappa shape index (κ2) is 4.15. The largest absolute Gasteiger partial charge is 0.395 e. The molecule has 0 aliphatic rings. The van der Waals surface area contributed by atoms with Gasteiger partial charge in [0.1, 0.15) is 0 Å². The first kappa shape index (κ1) is 9.12. The van der Waals surface area contributed by atoms with Crippen LogP contribution in [-0.2, 0) is 0 Å². The van der Waals surface area contributed by atoms with E-state index >= 15 is 0 Å². The molecular formula is C8H12N2O2. The standard InChI is InChI=1S/C8H12N2O2/c9-7(5-11)8(12)6-1-3-10-4-2-6/h1-4,7-8,11-12H,5,9H2/t7-,8+/m1/s1. The Morgan fingerprint density at radius 1 is 1.42 bits per heavy atom. The van der Waals surface area contributed by atoms with Crippen molar-refractivity contribution < 1.29 is 10.2 Å². The van der Waals surface area contributed by atoms with E-state index in [-0.39, 0.29) is 6.61 Å². The Labute approximate surface area is 70.7 Å². The molecule has 0 fully saturated rings. The van der Waals surface area contributed by atoms with Gasteiger partial charge in [-0.15, -0.1) is 0 Å². The van der Waals surface area contributed by atoms with Crippen molar-refractivity contribution in [1.82, 2.24) is 4.98 Å². The Morgan fingerprint density at radius 2 is 2.00 bits per heavy atom. The van der Waals surface area contributed by atoms with Crippen molar-refractivity contribution in [1.29, 1.82) is 0 Å². The van der Waals surface area contributed by atoms with Crippen molar-refractivity contribution >= 4 is 0 Å². The highest BCUT2D eigenvalue weighted by atomic mass is 16.3. The predicted octanol–water partition coefficient (Wildman–Crippen LogP) is -0.565. The maximum absolute atomic E-state index is 9.48. The van der Waals surface area contributed by atoms with Gasteiger partial charge in [-0.3, -0.25) is 4.98 Å². The van der Waals surface area contributed by atoms with Crippen molar-refractivity contribution in [3.05, 3.63) is 30.1 Å². The smallest absolute Gasteiger partial charge is 0.0964 e. The lowest BCUT2D eigenvalue weighted by atomic mass is 10.1. The summed E-state index contributed by atoms with van der Waals surface area (Å²) in [5.74, 6) is 0. The average Bonchev–Trinajstić information content (AvgIpc) is 2.17. The molecule has 0 spiro atoms. The van der Waals surface area contributed by atoms with Crippen LogP contribution in [0.4, 0.5) is 0 Å². The molecule has 4 nitrogen and oxygen atoms in total. The molecule has 0 aromatic carbocycles. The third-order valence-corrected chi connectivity index (χ3v) is 1.66. The SMILES string of the molecule is N[C@H](CO)[C@@H](O)c1ccncc1. The molecule has 1 heterocycles. The number of aliphatic hydroxyl groups is 2. The molecule has 1 rings (SSSR count). The monoisotopic (exact) mass is 168 g/mol. The molecule has 2 atom stereocenters. The van der Waals surface area contributed by atoms with Crippen molar-refractivity contribution in [3.63, 3.8) is 0 Å². The Bertz CT molecular complexity index is 228. The van der Waals surface area contributed by atoms with E-state index in [1.807, 2.05) is 0 Å². The molecule has 0 amide bonds. The lowest BCUT2D eigenvalue weighted by molar-refractivity contribution is 0.109. The molecule has 1 aromatic heterocycles. The van der Waals surface area contributed by atoms with Gasteiger partial charge >= 0.3 is 0 Å². The number of aromatic nitrogens is 1. The summed E-state index contributed by atoms with van der Waals surface area (Å²) >= 11 is 0. The van der Waals surface area contributed by atoms with E-state index < -0.39 is 12.1 Å². The first-order valence-corrected chi connectivity index (χ1v) is 3.70. The minimum absolute atomic E-state index is 0.233. The molecule has 12 heavy (non-hydrogen) atoms. The van der Waals surface area contributed by atoms with Gasteiger partial charge in [-0.05, 0) is 17.7 Å². The molecule has 0 radical (unpaired) electrons. The molecule has 0 unspecified atom stereocenters. The fourth-order valence-corrected chi connectivity index (χ4v) is 0.908. The van der Waals surface area contributed by atoms with Crippen LogP contribution in [0.15, 0.2) is 24.5 Å². The van der Waals surface area contributed by atoms with E-state index in [0.29, 0.717) is 5.56 Å². The van der Waals surface area contributed by atoms with Gasteiger partial charge in [0.05, 0.1) is 18.8 Å². The Morgan fingerprint density at radius 3 is 2.50 bits per heavy atom. The summed E-state index contributed by atoms with van der Waals surface area (Å²) < 4.78 is 0. The maximum atomic E-state index is 9.48. The summed E-state index contributed by atoms with van der Waals surface area (Å²) in [5, 5.41) is 18.1. The van der Waals surface area contributed by atoms with Crippen LogP contribution in [0.2, 0.25) is 0 Å². The zero-order chi connectivity index (χ0) is 8.97. The number of pyridine rings is 1. The summed E-state index contributed by atoms with van der Waals surface area (Å²) in [6.45, 7) is -0.233. The number of nitrogens with zero attached hydrogens (tertiary/aromatic N) is 1. The molecule has 0 saturated heterocycles. The van der Waals surface area contributed by atoms with Crippen molar-refractivity contribution in [3.8, 4) is 0 Å². The fraction of sp³-hybridized carbons (Fsp3) is 0.375. The topological polar surface area (TPSA) is 79.4 Å². The fourth-order valence-electron chi connectivity index (χ4n) is 0.908. The Balaban J connectivity index is 2.71. The third kappa shape index (κ3) is 2.01. The van der Waals surface area contributed by atoms with Crippen LogP contribution in [0.5, 0.6) is 0 Å². The Kier molecular flexibility index (Phi) is 3.16. The van der Waals surface area contributed by atoms with Crippen molar-refractivity contribution in [2.75, 3.05) is 6.61 Å². The van der Waals surface area contributed by atoms with Gasteiger partial charge in [0, 0.05) is 12.4 Å².